The monoisotopic (exact) mass is 154 g/mol. The minimum atomic E-state index is -0.780. The van der Waals surface area contributed by atoms with Gasteiger partial charge in [-0.2, -0.15) is 0 Å². The maximum atomic E-state index is 10.6. The molecule has 0 N–H and O–H groups in total. The molecule has 0 aliphatic carbocycles. The summed E-state index contributed by atoms with van der Waals surface area (Å²) >= 11 is 0. The molecule has 0 rings (SSSR count). The first-order chi connectivity index (χ1) is 5.24. The van der Waals surface area contributed by atoms with Crippen molar-refractivity contribution in [2.45, 2.75) is 6.29 Å². The van der Waals surface area contributed by atoms with E-state index in [2.05, 4.69) is 24.5 Å². The van der Waals surface area contributed by atoms with Crippen molar-refractivity contribution in [1.82, 2.24) is 0 Å². The largest absolute Gasteiger partial charge is 0.459 e. The topological polar surface area (TPSA) is 35.5 Å². The third kappa shape index (κ3) is 3.97. The molecule has 0 aromatic heterocycles. The number of rotatable bonds is 5. The van der Waals surface area contributed by atoms with Crippen molar-refractivity contribution in [3.8, 4) is 0 Å². The molecule has 0 amide bonds. The van der Waals surface area contributed by atoms with Crippen LogP contribution in [0.4, 0.5) is 0 Å². The number of hydrogen-bond acceptors (Lipinski definition) is 3. The molecule has 0 heterocycles. The molecular formula is C8H10O3. The summed E-state index contributed by atoms with van der Waals surface area (Å²) in [6.45, 7) is 9.89. The van der Waals surface area contributed by atoms with Crippen LogP contribution in [0.3, 0.4) is 0 Å². The van der Waals surface area contributed by atoms with E-state index < -0.39 is 12.3 Å². The van der Waals surface area contributed by atoms with Gasteiger partial charge in [0, 0.05) is 6.08 Å². The van der Waals surface area contributed by atoms with Gasteiger partial charge in [-0.3, -0.25) is 0 Å². The number of carbonyl (C=O) groups excluding carboxylic acids is 1. The summed E-state index contributed by atoms with van der Waals surface area (Å²) < 4.78 is 9.34. The summed E-state index contributed by atoms with van der Waals surface area (Å²) in [7, 11) is 0. The van der Waals surface area contributed by atoms with Crippen LogP contribution < -0.4 is 0 Å². The third-order valence-electron chi connectivity index (χ3n) is 0.822. The standard InChI is InChI=1S/C8H10O3/c1-4-7(9)11-8(5-2)10-6-3/h4-6,8H,1-3H2. The van der Waals surface area contributed by atoms with Gasteiger partial charge in [0.05, 0.1) is 6.26 Å². The van der Waals surface area contributed by atoms with Crippen LogP contribution in [0.15, 0.2) is 38.2 Å². The molecule has 0 aliphatic heterocycles. The van der Waals surface area contributed by atoms with Gasteiger partial charge in [-0.15, -0.1) is 0 Å². The lowest BCUT2D eigenvalue weighted by Crippen LogP contribution is -2.14. The smallest absolute Gasteiger partial charge is 0.333 e. The molecule has 60 valence electrons. The van der Waals surface area contributed by atoms with Crippen LogP contribution in [0, 0.1) is 0 Å². The quantitative estimate of drug-likeness (QED) is 0.197. The second-order valence-electron chi connectivity index (χ2n) is 1.55. The second kappa shape index (κ2) is 5.29. The molecular weight excluding hydrogens is 144 g/mol. The summed E-state index contributed by atoms with van der Waals surface area (Å²) in [5.41, 5.74) is 0. The zero-order chi connectivity index (χ0) is 8.69. The lowest BCUT2D eigenvalue weighted by molar-refractivity contribution is -0.155. The summed E-state index contributed by atoms with van der Waals surface area (Å²) in [5, 5.41) is 0. The van der Waals surface area contributed by atoms with Gasteiger partial charge in [0.1, 0.15) is 0 Å². The van der Waals surface area contributed by atoms with Crippen molar-refractivity contribution in [3.05, 3.63) is 38.2 Å². The average molecular weight is 154 g/mol. The first-order valence-corrected chi connectivity index (χ1v) is 2.96. The summed E-state index contributed by atoms with van der Waals surface area (Å²) in [5.74, 6) is -0.559. The Hall–Kier alpha value is -1.51. The Morgan fingerprint density at radius 1 is 1.36 bits per heavy atom. The molecule has 0 aromatic carbocycles. The van der Waals surface area contributed by atoms with Crippen LogP contribution in [0.25, 0.3) is 0 Å². The lowest BCUT2D eigenvalue weighted by atomic mass is 10.6. The van der Waals surface area contributed by atoms with E-state index in [-0.39, 0.29) is 0 Å². The van der Waals surface area contributed by atoms with E-state index in [0.717, 1.165) is 6.08 Å². The van der Waals surface area contributed by atoms with Crippen molar-refractivity contribution in [2.24, 2.45) is 0 Å². The summed E-state index contributed by atoms with van der Waals surface area (Å²) in [6, 6.07) is 0. The Bertz CT molecular complexity index is 172. The van der Waals surface area contributed by atoms with Crippen LogP contribution in [0.2, 0.25) is 0 Å². The maximum Gasteiger partial charge on any atom is 0.333 e. The molecule has 3 nitrogen and oxygen atoms in total. The maximum absolute atomic E-state index is 10.6. The van der Waals surface area contributed by atoms with Gasteiger partial charge in [-0.05, 0) is 6.08 Å². The van der Waals surface area contributed by atoms with Crippen molar-refractivity contribution in [3.63, 3.8) is 0 Å². The fourth-order valence-electron chi connectivity index (χ4n) is 0.389. The molecule has 3 heteroatoms. The van der Waals surface area contributed by atoms with Crippen LogP contribution in [-0.4, -0.2) is 12.3 Å². The molecule has 0 aliphatic rings. The Kier molecular flexibility index (Phi) is 4.56. The highest BCUT2D eigenvalue weighted by Crippen LogP contribution is 1.96. The normalized spacial score (nSPS) is 10.9. The molecule has 0 spiro atoms. The van der Waals surface area contributed by atoms with Gasteiger partial charge in [0.15, 0.2) is 0 Å². The molecule has 0 radical (unpaired) electrons. The Labute approximate surface area is 65.6 Å². The number of carbonyl (C=O) groups is 1. The highest BCUT2D eigenvalue weighted by Gasteiger charge is 2.05. The van der Waals surface area contributed by atoms with Crippen LogP contribution in [-0.2, 0) is 14.3 Å². The predicted molar refractivity (Wildman–Crippen MR) is 41.6 cm³/mol. The van der Waals surface area contributed by atoms with Gasteiger partial charge in [-0.1, -0.05) is 19.7 Å². The molecule has 0 saturated heterocycles. The van der Waals surface area contributed by atoms with Crippen LogP contribution in [0.5, 0.6) is 0 Å². The van der Waals surface area contributed by atoms with Crippen molar-refractivity contribution >= 4 is 5.97 Å². The van der Waals surface area contributed by atoms with E-state index in [0.29, 0.717) is 0 Å². The van der Waals surface area contributed by atoms with E-state index in [1.807, 2.05) is 0 Å². The van der Waals surface area contributed by atoms with E-state index >= 15 is 0 Å². The highest BCUT2D eigenvalue weighted by molar-refractivity contribution is 5.81. The zero-order valence-electron chi connectivity index (χ0n) is 6.16. The average Bonchev–Trinajstić information content (AvgIpc) is 2.03. The molecule has 1 unspecified atom stereocenters. The fourth-order valence-corrected chi connectivity index (χ4v) is 0.389. The molecule has 0 fully saturated rings. The number of esters is 1. The minimum Gasteiger partial charge on any atom is -0.459 e. The summed E-state index contributed by atoms with van der Waals surface area (Å²) in [6.07, 6.45) is 2.77. The van der Waals surface area contributed by atoms with Crippen molar-refractivity contribution in [2.75, 3.05) is 0 Å². The molecule has 0 bridgehead atoms. The van der Waals surface area contributed by atoms with Gasteiger partial charge in [-0.25, -0.2) is 4.79 Å². The van der Waals surface area contributed by atoms with E-state index in [1.54, 1.807) is 0 Å². The number of hydrogen-bond donors (Lipinski definition) is 0. The summed E-state index contributed by atoms with van der Waals surface area (Å²) in [4.78, 5) is 10.6. The first-order valence-electron chi connectivity index (χ1n) is 2.96. The SMILES string of the molecule is C=COC(C=C)OC(=O)C=C. The Morgan fingerprint density at radius 3 is 2.36 bits per heavy atom. The number of ether oxygens (including phenoxy) is 2. The highest BCUT2D eigenvalue weighted by atomic mass is 16.7. The van der Waals surface area contributed by atoms with Gasteiger partial charge in [0.2, 0.25) is 0 Å². The Morgan fingerprint density at radius 2 is 2.00 bits per heavy atom. The molecule has 0 saturated carbocycles. The van der Waals surface area contributed by atoms with Gasteiger partial charge >= 0.3 is 5.97 Å². The van der Waals surface area contributed by atoms with Crippen LogP contribution in [0.1, 0.15) is 0 Å². The Balaban J connectivity index is 3.85. The first kappa shape index (κ1) is 9.49. The van der Waals surface area contributed by atoms with Gasteiger partial charge < -0.3 is 9.47 Å². The molecule has 1 atom stereocenters. The van der Waals surface area contributed by atoms with E-state index in [9.17, 15) is 4.79 Å². The zero-order valence-corrected chi connectivity index (χ0v) is 6.16. The predicted octanol–water partition coefficient (Wildman–Crippen LogP) is 1.39. The molecule has 11 heavy (non-hydrogen) atoms. The fraction of sp³-hybridized carbons (Fsp3) is 0.125. The van der Waals surface area contributed by atoms with E-state index in [1.165, 1.54) is 12.3 Å². The van der Waals surface area contributed by atoms with E-state index in [4.69, 9.17) is 4.74 Å². The van der Waals surface area contributed by atoms with Crippen molar-refractivity contribution in [1.29, 1.82) is 0 Å². The third-order valence-corrected chi connectivity index (χ3v) is 0.822. The second-order valence-corrected chi connectivity index (χ2v) is 1.55. The molecule has 0 aromatic rings. The van der Waals surface area contributed by atoms with Crippen molar-refractivity contribution < 1.29 is 14.3 Å². The lowest BCUT2D eigenvalue weighted by Gasteiger charge is -2.10. The van der Waals surface area contributed by atoms with Gasteiger partial charge in [0.25, 0.3) is 6.29 Å². The minimum absolute atomic E-state index is 0.559. The van der Waals surface area contributed by atoms with Crippen LogP contribution >= 0.6 is 0 Å².